The Balaban J connectivity index is 1.84. The van der Waals surface area contributed by atoms with Gasteiger partial charge < -0.3 is 4.90 Å². The largest absolute Gasteiger partial charge is 0.372 e. The summed E-state index contributed by atoms with van der Waals surface area (Å²) in [4.78, 5) is 14.4. The van der Waals surface area contributed by atoms with Crippen molar-refractivity contribution in [1.29, 1.82) is 0 Å². The highest BCUT2D eigenvalue weighted by Crippen LogP contribution is 2.19. The van der Waals surface area contributed by atoms with Crippen molar-refractivity contribution in [1.82, 2.24) is 10.2 Å². The molecule has 0 aliphatic carbocycles. The fourth-order valence-electron chi connectivity index (χ4n) is 2.98. The van der Waals surface area contributed by atoms with Gasteiger partial charge in [-0.2, -0.15) is 5.10 Å². The molecular formula is C21H22FN3O. The number of anilines is 1. The summed E-state index contributed by atoms with van der Waals surface area (Å²) in [5.74, 6) is -0.299. The van der Waals surface area contributed by atoms with Gasteiger partial charge in [0.1, 0.15) is 5.82 Å². The quantitative estimate of drug-likeness (QED) is 0.730. The molecule has 0 aliphatic rings. The van der Waals surface area contributed by atoms with E-state index in [1.807, 2.05) is 12.1 Å². The number of halogens is 1. The number of rotatable bonds is 6. The molecule has 0 atom stereocenters. The third kappa shape index (κ3) is 3.99. The highest BCUT2D eigenvalue weighted by molar-refractivity contribution is 5.59. The van der Waals surface area contributed by atoms with Crippen LogP contribution in [-0.4, -0.2) is 23.3 Å². The van der Waals surface area contributed by atoms with Gasteiger partial charge in [0.25, 0.3) is 5.56 Å². The molecular weight excluding hydrogens is 329 g/mol. The summed E-state index contributed by atoms with van der Waals surface area (Å²) in [6.45, 7) is 6.18. The molecule has 1 N–H and O–H groups in total. The van der Waals surface area contributed by atoms with Gasteiger partial charge in [-0.3, -0.25) is 4.79 Å². The van der Waals surface area contributed by atoms with Crippen LogP contribution in [0.3, 0.4) is 0 Å². The van der Waals surface area contributed by atoms with Crippen molar-refractivity contribution in [2.75, 3.05) is 18.0 Å². The molecule has 3 rings (SSSR count). The van der Waals surface area contributed by atoms with Gasteiger partial charge in [0.2, 0.25) is 0 Å². The Morgan fingerprint density at radius 2 is 1.65 bits per heavy atom. The Morgan fingerprint density at radius 3 is 2.27 bits per heavy atom. The van der Waals surface area contributed by atoms with Crippen LogP contribution >= 0.6 is 0 Å². The highest BCUT2D eigenvalue weighted by atomic mass is 19.1. The minimum absolute atomic E-state index is 0.205. The van der Waals surface area contributed by atoms with Crippen LogP contribution in [0.4, 0.5) is 10.1 Å². The molecule has 134 valence electrons. The Hall–Kier alpha value is -2.95. The molecule has 0 spiro atoms. The predicted octanol–water partition coefficient (Wildman–Crippen LogP) is 4.01. The van der Waals surface area contributed by atoms with Crippen molar-refractivity contribution in [3.05, 3.63) is 81.9 Å². The van der Waals surface area contributed by atoms with Crippen molar-refractivity contribution in [3.8, 4) is 11.3 Å². The summed E-state index contributed by atoms with van der Waals surface area (Å²) in [7, 11) is 0. The number of benzene rings is 2. The predicted molar refractivity (Wildman–Crippen MR) is 103 cm³/mol. The average Bonchev–Trinajstić information content (AvgIpc) is 2.66. The van der Waals surface area contributed by atoms with E-state index in [0.29, 0.717) is 17.7 Å². The maximum Gasteiger partial charge on any atom is 0.267 e. The van der Waals surface area contributed by atoms with Crippen LogP contribution in [0, 0.1) is 5.82 Å². The van der Waals surface area contributed by atoms with Gasteiger partial charge in [-0.05, 0) is 61.9 Å². The van der Waals surface area contributed by atoms with Crippen LogP contribution in [0.5, 0.6) is 0 Å². The fraction of sp³-hybridized carbons (Fsp3) is 0.238. The maximum atomic E-state index is 13.1. The Labute approximate surface area is 152 Å². The van der Waals surface area contributed by atoms with E-state index in [1.165, 1.54) is 17.8 Å². The first-order valence-electron chi connectivity index (χ1n) is 8.79. The normalized spacial score (nSPS) is 10.7. The van der Waals surface area contributed by atoms with Crippen LogP contribution in [0.1, 0.15) is 25.0 Å². The van der Waals surface area contributed by atoms with E-state index >= 15 is 0 Å². The number of aromatic amines is 1. The van der Waals surface area contributed by atoms with E-state index in [2.05, 4.69) is 41.1 Å². The summed E-state index contributed by atoms with van der Waals surface area (Å²) in [6, 6.07) is 16.1. The van der Waals surface area contributed by atoms with E-state index in [-0.39, 0.29) is 11.4 Å². The van der Waals surface area contributed by atoms with Gasteiger partial charge in [0.15, 0.2) is 0 Å². The van der Waals surface area contributed by atoms with Crippen LogP contribution in [0.15, 0.2) is 59.4 Å². The van der Waals surface area contributed by atoms with Crippen LogP contribution in [0.2, 0.25) is 0 Å². The first-order valence-corrected chi connectivity index (χ1v) is 8.79. The molecule has 0 saturated heterocycles. The number of H-pyrrole nitrogens is 1. The average molecular weight is 351 g/mol. The summed E-state index contributed by atoms with van der Waals surface area (Å²) in [5.41, 5.74) is 4.05. The summed E-state index contributed by atoms with van der Waals surface area (Å²) < 4.78 is 13.1. The zero-order valence-corrected chi connectivity index (χ0v) is 15.0. The zero-order chi connectivity index (χ0) is 18.5. The van der Waals surface area contributed by atoms with E-state index in [4.69, 9.17) is 0 Å². The van der Waals surface area contributed by atoms with Crippen molar-refractivity contribution in [2.45, 2.75) is 20.3 Å². The molecule has 1 heterocycles. The summed E-state index contributed by atoms with van der Waals surface area (Å²) in [5, 5.41) is 6.62. The molecule has 0 saturated carbocycles. The first kappa shape index (κ1) is 17.9. The van der Waals surface area contributed by atoms with Gasteiger partial charge in [-0.15, -0.1) is 0 Å². The monoisotopic (exact) mass is 351 g/mol. The Morgan fingerprint density at radius 1 is 1.00 bits per heavy atom. The van der Waals surface area contributed by atoms with Crippen LogP contribution in [-0.2, 0) is 6.42 Å². The van der Waals surface area contributed by atoms with Gasteiger partial charge in [-0.1, -0.05) is 12.1 Å². The second-order valence-electron chi connectivity index (χ2n) is 6.13. The lowest BCUT2D eigenvalue weighted by Gasteiger charge is -2.21. The van der Waals surface area contributed by atoms with E-state index < -0.39 is 0 Å². The van der Waals surface area contributed by atoms with Crippen molar-refractivity contribution < 1.29 is 4.39 Å². The van der Waals surface area contributed by atoms with Gasteiger partial charge in [0, 0.05) is 36.3 Å². The lowest BCUT2D eigenvalue weighted by molar-refractivity contribution is 0.628. The zero-order valence-electron chi connectivity index (χ0n) is 15.0. The standard InChI is InChI=1S/C21H22FN3O/c1-3-25(4-2)19-11-5-15(6-12-19)13-17-14-20(23-24-21(17)26)16-7-9-18(22)10-8-16/h5-12,14H,3-4,13H2,1-2H3,(H,24,26). The van der Waals surface area contributed by atoms with Gasteiger partial charge >= 0.3 is 0 Å². The third-order valence-corrected chi connectivity index (χ3v) is 4.48. The first-order chi connectivity index (χ1) is 12.6. The second-order valence-corrected chi connectivity index (χ2v) is 6.13. The number of nitrogens with one attached hydrogen (secondary N) is 1. The molecule has 3 aromatic rings. The van der Waals surface area contributed by atoms with Crippen molar-refractivity contribution >= 4 is 5.69 Å². The third-order valence-electron chi connectivity index (χ3n) is 4.48. The van der Waals surface area contributed by atoms with E-state index in [9.17, 15) is 9.18 Å². The molecule has 5 heteroatoms. The molecule has 0 aliphatic heterocycles. The number of nitrogens with zero attached hydrogens (tertiary/aromatic N) is 2. The molecule has 0 bridgehead atoms. The molecule has 0 fully saturated rings. The highest BCUT2D eigenvalue weighted by Gasteiger charge is 2.08. The molecule has 1 aromatic heterocycles. The Bertz CT molecular complexity index is 913. The van der Waals surface area contributed by atoms with Crippen LogP contribution in [0.25, 0.3) is 11.3 Å². The molecule has 4 nitrogen and oxygen atoms in total. The van der Waals surface area contributed by atoms with Crippen molar-refractivity contribution in [2.24, 2.45) is 0 Å². The second kappa shape index (κ2) is 7.95. The molecule has 0 amide bonds. The van der Waals surface area contributed by atoms with Crippen LogP contribution < -0.4 is 10.5 Å². The molecule has 26 heavy (non-hydrogen) atoms. The number of aromatic nitrogens is 2. The smallest absolute Gasteiger partial charge is 0.267 e. The fourth-order valence-corrected chi connectivity index (χ4v) is 2.98. The molecule has 0 radical (unpaired) electrons. The maximum absolute atomic E-state index is 13.1. The number of hydrogen-bond acceptors (Lipinski definition) is 3. The van der Waals surface area contributed by atoms with Gasteiger partial charge in [-0.25, -0.2) is 9.49 Å². The van der Waals surface area contributed by atoms with Crippen molar-refractivity contribution in [3.63, 3.8) is 0 Å². The topological polar surface area (TPSA) is 49.0 Å². The van der Waals surface area contributed by atoms with E-state index in [0.717, 1.165) is 24.2 Å². The lowest BCUT2D eigenvalue weighted by atomic mass is 10.0. The molecule has 2 aromatic carbocycles. The summed E-state index contributed by atoms with van der Waals surface area (Å²) >= 11 is 0. The number of hydrogen-bond donors (Lipinski definition) is 1. The van der Waals surface area contributed by atoms with Gasteiger partial charge in [0.05, 0.1) is 5.69 Å². The minimum Gasteiger partial charge on any atom is -0.372 e. The lowest BCUT2D eigenvalue weighted by Crippen LogP contribution is -2.21. The molecule has 0 unspecified atom stereocenters. The minimum atomic E-state index is -0.299. The SMILES string of the molecule is CCN(CC)c1ccc(Cc2cc(-c3ccc(F)cc3)n[nH]c2=O)cc1. The summed E-state index contributed by atoms with van der Waals surface area (Å²) in [6.07, 6.45) is 0.518. The Kier molecular flexibility index (Phi) is 5.46. The van der Waals surface area contributed by atoms with E-state index in [1.54, 1.807) is 18.2 Å².